The second-order valence-corrected chi connectivity index (χ2v) is 29.1. The van der Waals surface area contributed by atoms with E-state index in [1.807, 2.05) is 0 Å². The van der Waals surface area contributed by atoms with Crippen molar-refractivity contribution in [3.8, 4) is 22.3 Å². The Balaban J connectivity index is 0.00000169. The summed E-state index contributed by atoms with van der Waals surface area (Å²) >= 11 is -2.91. The summed E-state index contributed by atoms with van der Waals surface area (Å²) in [6.07, 6.45) is 5.25. The number of rotatable bonds is 6. The van der Waals surface area contributed by atoms with Gasteiger partial charge in [0.1, 0.15) is 0 Å². The molecular weight excluding hydrogens is 706 g/mol. The summed E-state index contributed by atoms with van der Waals surface area (Å²) in [7, 11) is 0. The van der Waals surface area contributed by atoms with Crippen molar-refractivity contribution in [3.63, 3.8) is 0 Å². The second-order valence-electron chi connectivity index (χ2n) is 12.5. The van der Waals surface area contributed by atoms with Crippen molar-refractivity contribution in [2.75, 3.05) is 0 Å². The summed E-state index contributed by atoms with van der Waals surface area (Å²) < 4.78 is 4.41. The summed E-state index contributed by atoms with van der Waals surface area (Å²) in [5.41, 5.74) is 15.3. The quantitative estimate of drug-likeness (QED) is 0.246. The van der Waals surface area contributed by atoms with Crippen LogP contribution in [0.3, 0.4) is 0 Å². The van der Waals surface area contributed by atoms with Crippen molar-refractivity contribution in [3.05, 3.63) is 130 Å². The monoisotopic (exact) mass is 744 g/mol. The van der Waals surface area contributed by atoms with E-state index in [1.165, 1.54) is 41.7 Å². The van der Waals surface area contributed by atoms with Gasteiger partial charge in [0.2, 0.25) is 0 Å². The van der Waals surface area contributed by atoms with Crippen molar-refractivity contribution >= 4 is 12.2 Å². The summed E-state index contributed by atoms with van der Waals surface area (Å²) in [6.45, 7) is 9.75. The van der Waals surface area contributed by atoms with E-state index in [0.29, 0.717) is 19.2 Å². The molecule has 4 aromatic rings. The third-order valence-electron chi connectivity index (χ3n) is 9.67. The Bertz CT molecular complexity index is 1490. The first-order valence-corrected chi connectivity index (χ1v) is 24.0. The molecule has 0 saturated carbocycles. The minimum atomic E-state index is -2.91. The fourth-order valence-electron chi connectivity index (χ4n) is 7.76. The predicted octanol–water partition coefficient (Wildman–Crippen LogP) is 4.92. The maximum Gasteiger partial charge on any atom is -1.00 e. The molecule has 0 bridgehead atoms. The Labute approximate surface area is 263 Å². The SMILES string of the molecule is CC(C)C1=Cc2c(-c3ccccc3)cccc2[CH]1[Hf+2]1([CH]2C(C(C)C)=Cc3c(-c4ccccc4)cccc32)[CH2][CH2]1.[Cl-].[Cl-]. The summed E-state index contributed by atoms with van der Waals surface area (Å²) in [5, 5.41) is 0. The average molecular weight is 744 g/mol. The topological polar surface area (TPSA) is 0 Å². The van der Waals surface area contributed by atoms with Gasteiger partial charge in [-0.3, -0.25) is 0 Å². The Morgan fingerprint density at radius 3 is 1.24 bits per heavy atom. The van der Waals surface area contributed by atoms with Gasteiger partial charge in [0.05, 0.1) is 0 Å². The van der Waals surface area contributed by atoms with Crippen LogP contribution in [0, 0.1) is 11.8 Å². The normalized spacial score (nSPS) is 18.8. The number of hydrogen-bond acceptors (Lipinski definition) is 0. The summed E-state index contributed by atoms with van der Waals surface area (Å²) in [6, 6.07) is 36.4. The molecule has 1 saturated heterocycles. The van der Waals surface area contributed by atoms with Gasteiger partial charge in [0, 0.05) is 0 Å². The Morgan fingerprint density at radius 2 is 0.902 bits per heavy atom. The van der Waals surface area contributed by atoms with E-state index in [1.54, 1.807) is 22.3 Å². The zero-order chi connectivity index (χ0) is 26.7. The number of benzene rings is 4. The first-order chi connectivity index (χ1) is 19.0. The number of hydrogen-bond donors (Lipinski definition) is 0. The Morgan fingerprint density at radius 1 is 0.512 bits per heavy atom. The molecule has 0 nitrogen and oxygen atoms in total. The van der Waals surface area contributed by atoms with E-state index >= 15 is 0 Å². The van der Waals surface area contributed by atoms with Crippen LogP contribution in [0.15, 0.2) is 108 Å². The van der Waals surface area contributed by atoms with Gasteiger partial charge in [0.15, 0.2) is 0 Å². The van der Waals surface area contributed by atoms with Crippen LogP contribution in [0.25, 0.3) is 34.4 Å². The van der Waals surface area contributed by atoms with Crippen molar-refractivity contribution < 1.29 is 44.8 Å². The van der Waals surface area contributed by atoms with Gasteiger partial charge in [-0.25, -0.2) is 0 Å². The first kappa shape index (κ1) is 30.3. The van der Waals surface area contributed by atoms with Crippen LogP contribution in [-0.4, -0.2) is 0 Å². The zero-order valence-corrected chi connectivity index (χ0v) is 29.5. The molecule has 2 unspecified atom stereocenters. The van der Waals surface area contributed by atoms with Gasteiger partial charge in [0.25, 0.3) is 0 Å². The molecule has 2 atom stereocenters. The molecule has 7 rings (SSSR count). The second kappa shape index (κ2) is 11.8. The minimum Gasteiger partial charge on any atom is -1.00 e. The number of allylic oxidation sites excluding steroid dienone is 2. The maximum absolute atomic E-state index is 2.91. The van der Waals surface area contributed by atoms with Crippen LogP contribution < -0.4 is 24.8 Å². The first-order valence-electron chi connectivity index (χ1n) is 14.8. The molecule has 1 heterocycles. The zero-order valence-electron chi connectivity index (χ0n) is 24.4. The minimum absolute atomic E-state index is 0. The fourth-order valence-corrected chi connectivity index (χ4v) is 36.7. The Hall–Kier alpha value is -2.19. The fraction of sp³-hybridized carbons (Fsp3) is 0.263. The smallest absolute Gasteiger partial charge is 1.00 e. The molecule has 3 aliphatic rings. The molecule has 3 heteroatoms. The molecule has 0 aromatic heterocycles. The van der Waals surface area contributed by atoms with Crippen LogP contribution in [0.5, 0.6) is 0 Å². The van der Waals surface area contributed by atoms with E-state index < -0.39 is 20.0 Å². The van der Waals surface area contributed by atoms with Gasteiger partial charge in [-0.1, -0.05) is 0 Å². The van der Waals surface area contributed by atoms with Gasteiger partial charge < -0.3 is 24.8 Å². The van der Waals surface area contributed by atoms with Gasteiger partial charge >= 0.3 is 240 Å². The standard InChI is InChI=1S/2C18H17.C2H4.2ClH.Hf/c2*1-13(2)16-11-15-9-6-10-17(18(15)12-16)14-7-4-3-5-8-14;1-2;;;/h2*3-13H,1-2H3;1-2H2;2*1H;/q;;;;;+2/p-2. The maximum atomic E-state index is 2.63. The van der Waals surface area contributed by atoms with Crippen LogP contribution in [-0.2, 0) is 20.0 Å². The van der Waals surface area contributed by atoms with Gasteiger partial charge in [-0.2, -0.15) is 0 Å². The van der Waals surface area contributed by atoms with E-state index in [2.05, 4.69) is 137 Å². The summed E-state index contributed by atoms with van der Waals surface area (Å²) in [5.74, 6) is 1.15. The van der Waals surface area contributed by atoms with Crippen molar-refractivity contribution in [2.45, 2.75) is 43.4 Å². The molecule has 41 heavy (non-hydrogen) atoms. The third-order valence-corrected chi connectivity index (χ3v) is 28.5. The molecule has 1 aliphatic heterocycles. The van der Waals surface area contributed by atoms with Crippen molar-refractivity contribution in [2.24, 2.45) is 11.8 Å². The van der Waals surface area contributed by atoms with Crippen LogP contribution >= 0.6 is 0 Å². The predicted molar refractivity (Wildman–Crippen MR) is 164 cm³/mol. The molecule has 0 amide bonds. The molecular formula is C38H38Cl2Hf. The molecule has 208 valence electrons. The molecule has 0 spiro atoms. The average Bonchev–Trinajstić information content (AvgIpc) is 3.47. The largest absolute Gasteiger partial charge is 1.00 e. The molecule has 0 N–H and O–H groups in total. The van der Waals surface area contributed by atoms with E-state index in [0.717, 1.165) is 0 Å². The van der Waals surface area contributed by atoms with Crippen LogP contribution in [0.2, 0.25) is 8.35 Å². The van der Waals surface area contributed by atoms with Crippen molar-refractivity contribution in [1.82, 2.24) is 0 Å². The molecule has 2 aliphatic carbocycles. The van der Waals surface area contributed by atoms with Gasteiger partial charge in [-0.05, 0) is 0 Å². The third kappa shape index (κ3) is 4.97. The van der Waals surface area contributed by atoms with Crippen molar-refractivity contribution in [1.29, 1.82) is 0 Å². The van der Waals surface area contributed by atoms with Crippen LogP contribution in [0.1, 0.15) is 57.3 Å². The molecule has 4 aromatic carbocycles. The summed E-state index contributed by atoms with van der Waals surface area (Å²) in [4.78, 5) is 0. The van der Waals surface area contributed by atoms with Crippen LogP contribution in [0.4, 0.5) is 0 Å². The van der Waals surface area contributed by atoms with E-state index in [4.69, 9.17) is 0 Å². The Kier molecular flexibility index (Phi) is 8.73. The van der Waals surface area contributed by atoms with E-state index in [-0.39, 0.29) is 24.8 Å². The molecule has 0 radical (unpaired) electrons. The van der Waals surface area contributed by atoms with Gasteiger partial charge in [-0.15, -0.1) is 0 Å². The number of halogens is 2. The van der Waals surface area contributed by atoms with E-state index in [9.17, 15) is 0 Å². The molecule has 1 fully saturated rings. The number of fused-ring (bicyclic) bond motifs is 2.